The number of benzene rings is 6. The van der Waals surface area contributed by atoms with Crippen LogP contribution in [0.15, 0.2) is 97.1 Å². The second kappa shape index (κ2) is 8.99. The van der Waals surface area contributed by atoms with Crippen molar-refractivity contribution in [2.75, 3.05) is 16.8 Å². The zero-order valence-electron chi connectivity index (χ0n) is 24.3. The Morgan fingerprint density at radius 1 is 0.700 bits per heavy atom. The molecule has 6 aromatic carbocycles. The first-order valence-corrected chi connectivity index (χ1v) is 14.7. The van der Waals surface area contributed by atoms with Crippen LogP contribution in [0.4, 0.5) is 22.7 Å². The van der Waals surface area contributed by atoms with Crippen LogP contribution < -0.4 is 10.2 Å². The molecule has 1 aliphatic rings. The van der Waals surface area contributed by atoms with E-state index in [1.54, 1.807) is 0 Å². The summed E-state index contributed by atoms with van der Waals surface area (Å²) in [6.07, 6.45) is 2.22. The Labute approximate surface area is 238 Å². The first-order valence-electron chi connectivity index (χ1n) is 14.7. The van der Waals surface area contributed by atoms with Gasteiger partial charge in [0.1, 0.15) is 0 Å². The van der Waals surface area contributed by atoms with Crippen molar-refractivity contribution in [2.24, 2.45) is 0 Å². The van der Waals surface area contributed by atoms with Gasteiger partial charge in [-0.15, -0.1) is 0 Å². The van der Waals surface area contributed by atoms with Crippen molar-refractivity contribution in [1.29, 1.82) is 0 Å². The maximum atomic E-state index is 3.86. The van der Waals surface area contributed by atoms with Gasteiger partial charge in [0, 0.05) is 40.1 Å². The van der Waals surface area contributed by atoms with E-state index in [-0.39, 0.29) is 10.8 Å². The lowest BCUT2D eigenvalue weighted by Gasteiger charge is -2.40. The Morgan fingerprint density at radius 2 is 1.35 bits per heavy atom. The number of nitrogens with zero attached hydrogens (tertiary/aromatic N) is 1. The zero-order chi connectivity index (χ0) is 27.6. The third-order valence-electron chi connectivity index (χ3n) is 9.63. The Morgan fingerprint density at radius 3 is 2.15 bits per heavy atom. The zero-order valence-corrected chi connectivity index (χ0v) is 24.3. The predicted octanol–water partition coefficient (Wildman–Crippen LogP) is 10.8. The molecule has 0 unspecified atom stereocenters. The van der Waals surface area contributed by atoms with Crippen LogP contribution >= 0.6 is 0 Å². The van der Waals surface area contributed by atoms with Crippen molar-refractivity contribution in [1.82, 2.24) is 0 Å². The average molecular weight is 523 g/mol. The van der Waals surface area contributed by atoms with E-state index >= 15 is 0 Å². The number of nitrogens with one attached hydrogen (secondary N) is 1. The van der Waals surface area contributed by atoms with Crippen molar-refractivity contribution >= 4 is 55.1 Å². The summed E-state index contributed by atoms with van der Waals surface area (Å²) in [5, 5.41) is 11.8. The molecule has 0 aromatic heterocycles. The van der Waals surface area contributed by atoms with Crippen molar-refractivity contribution < 1.29 is 0 Å². The van der Waals surface area contributed by atoms with Gasteiger partial charge in [-0.1, -0.05) is 107 Å². The summed E-state index contributed by atoms with van der Waals surface area (Å²) < 4.78 is 0. The van der Waals surface area contributed by atoms with E-state index < -0.39 is 0 Å². The van der Waals surface area contributed by atoms with E-state index in [4.69, 9.17) is 0 Å². The normalized spacial score (nSPS) is 15.2. The van der Waals surface area contributed by atoms with Gasteiger partial charge in [0.05, 0.1) is 0 Å². The minimum Gasteiger partial charge on any atom is -0.355 e. The number of hydrogen-bond donors (Lipinski definition) is 1. The first kappa shape index (κ1) is 25.0. The van der Waals surface area contributed by atoms with Gasteiger partial charge in [-0.05, 0) is 80.6 Å². The summed E-state index contributed by atoms with van der Waals surface area (Å²) in [5.41, 5.74) is 8.07. The number of fused-ring (bicyclic) bond motifs is 1. The van der Waals surface area contributed by atoms with E-state index in [0.29, 0.717) is 0 Å². The molecule has 0 atom stereocenters. The highest BCUT2D eigenvalue weighted by Crippen LogP contribution is 2.47. The third kappa shape index (κ3) is 3.77. The van der Waals surface area contributed by atoms with Gasteiger partial charge in [0.25, 0.3) is 0 Å². The van der Waals surface area contributed by atoms with Crippen molar-refractivity contribution in [3.63, 3.8) is 0 Å². The molecule has 0 radical (unpaired) electrons. The molecule has 0 fully saturated rings. The summed E-state index contributed by atoms with van der Waals surface area (Å²) in [6.45, 7) is 12.7. The highest BCUT2D eigenvalue weighted by molar-refractivity contribution is 6.27. The molecule has 1 aliphatic heterocycles. The number of para-hydroxylation sites is 2. The molecule has 7 rings (SSSR count). The standard InChI is InChI=1S/C38H38N2/c1-6-37(2,3)29-11-7-9-13-32(29)39-31-21-17-25-16-20-28-33(22-18-26-15-19-27(31)35(25)36(26)28)40-24-23-38(4,5)30-12-8-10-14-34(30)40/h7-22,39H,6,23-24H2,1-5H3. The molecule has 0 spiro atoms. The van der Waals surface area contributed by atoms with Gasteiger partial charge in [0.2, 0.25) is 0 Å². The highest BCUT2D eigenvalue weighted by atomic mass is 15.1. The van der Waals surface area contributed by atoms with E-state index in [1.807, 2.05) is 0 Å². The largest absolute Gasteiger partial charge is 0.355 e. The molecule has 1 N–H and O–H groups in total. The fourth-order valence-electron chi connectivity index (χ4n) is 6.83. The van der Waals surface area contributed by atoms with Crippen LogP contribution in [0.2, 0.25) is 0 Å². The smallest absolute Gasteiger partial charge is 0.0491 e. The molecule has 0 saturated carbocycles. The second-order valence-corrected chi connectivity index (χ2v) is 12.8. The predicted molar refractivity (Wildman–Crippen MR) is 174 cm³/mol. The summed E-state index contributed by atoms with van der Waals surface area (Å²) in [7, 11) is 0. The maximum Gasteiger partial charge on any atom is 0.0491 e. The topological polar surface area (TPSA) is 15.3 Å². The number of anilines is 4. The Bertz CT molecular complexity index is 1880. The van der Waals surface area contributed by atoms with Gasteiger partial charge in [-0.3, -0.25) is 0 Å². The van der Waals surface area contributed by atoms with Gasteiger partial charge in [0.15, 0.2) is 0 Å². The van der Waals surface area contributed by atoms with E-state index in [2.05, 4.69) is 142 Å². The van der Waals surface area contributed by atoms with E-state index in [1.165, 1.54) is 60.5 Å². The summed E-state index contributed by atoms with van der Waals surface area (Å²) in [4.78, 5) is 2.55. The van der Waals surface area contributed by atoms with Crippen molar-refractivity contribution in [3.8, 4) is 0 Å². The first-order chi connectivity index (χ1) is 19.3. The van der Waals surface area contributed by atoms with Crippen LogP contribution in [0.25, 0.3) is 32.3 Å². The molecule has 0 amide bonds. The number of rotatable bonds is 5. The molecule has 2 heteroatoms. The average Bonchev–Trinajstić information content (AvgIpc) is 2.97. The monoisotopic (exact) mass is 522 g/mol. The molecule has 0 saturated heterocycles. The van der Waals surface area contributed by atoms with Gasteiger partial charge in [-0.25, -0.2) is 0 Å². The molecule has 6 aromatic rings. The Kier molecular flexibility index (Phi) is 5.61. The van der Waals surface area contributed by atoms with Crippen LogP contribution in [-0.2, 0) is 10.8 Å². The molecule has 0 aliphatic carbocycles. The lowest BCUT2D eigenvalue weighted by atomic mass is 9.77. The minimum atomic E-state index is 0.0988. The fraction of sp³-hybridized carbons (Fsp3) is 0.263. The maximum absolute atomic E-state index is 3.86. The van der Waals surface area contributed by atoms with Gasteiger partial charge in [-0.2, -0.15) is 0 Å². The molecule has 200 valence electrons. The lowest BCUT2D eigenvalue weighted by molar-refractivity contribution is 0.467. The SMILES string of the molecule is CCC(C)(C)c1ccccc1Nc1ccc2ccc3c(N4CCC(C)(C)c5ccccc54)ccc4ccc1c2c43. The molecule has 2 nitrogen and oxygen atoms in total. The van der Waals surface area contributed by atoms with Crippen LogP contribution in [0.5, 0.6) is 0 Å². The van der Waals surface area contributed by atoms with Gasteiger partial charge >= 0.3 is 0 Å². The Balaban J connectivity index is 1.42. The summed E-state index contributed by atoms with van der Waals surface area (Å²) in [6, 6.07) is 36.2. The molecular weight excluding hydrogens is 484 g/mol. The molecular formula is C38H38N2. The van der Waals surface area contributed by atoms with Crippen LogP contribution in [0.3, 0.4) is 0 Å². The van der Waals surface area contributed by atoms with Crippen LogP contribution in [-0.4, -0.2) is 6.54 Å². The van der Waals surface area contributed by atoms with Crippen LogP contribution in [0, 0.1) is 0 Å². The number of hydrogen-bond acceptors (Lipinski definition) is 2. The molecule has 1 heterocycles. The minimum absolute atomic E-state index is 0.0988. The Hall–Kier alpha value is -4.04. The van der Waals surface area contributed by atoms with Crippen molar-refractivity contribution in [3.05, 3.63) is 108 Å². The van der Waals surface area contributed by atoms with Crippen LogP contribution in [0.1, 0.15) is 58.6 Å². The molecule has 40 heavy (non-hydrogen) atoms. The summed E-state index contributed by atoms with van der Waals surface area (Å²) in [5.74, 6) is 0. The lowest BCUT2D eigenvalue weighted by Crippen LogP contribution is -2.34. The quantitative estimate of drug-likeness (QED) is 0.227. The molecule has 0 bridgehead atoms. The van der Waals surface area contributed by atoms with Crippen molar-refractivity contribution in [2.45, 2.75) is 58.3 Å². The second-order valence-electron chi connectivity index (χ2n) is 12.8. The fourth-order valence-corrected chi connectivity index (χ4v) is 6.83. The van der Waals surface area contributed by atoms with E-state index in [0.717, 1.165) is 25.1 Å². The summed E-state index contributed by atoms with van der Waals surface area (Å²) >= 11 is 0. The highest BCUT2D eigenvalue weighted by Gasteiger charge is 2.32. The van der Waals surface area contributed by atoms with E-state index in [9.17, 15) is 0 Å². The third-order valence-corrected chi connectivity index (χ3v) is 9.63. The van der Waals surface area contributed by atoms with Gasteiger partial charge < -0.3 is 10.2 Å².